The smallest absolute Gasteiger partial charge is 0.270 e. The zero-order valence-electron chi connectivity index (χ0n) is 16.0. The summed E-state index contributed by atoms with van der Waals surface area (Å²) in [6, 6.07) is 12.1. The van der Waals surface area contributed by atoms with Crippen LogP contribution in [0.15, 0.2) is 65.5 Å². The topological polar surface area (TPSA) is 64.6 Å². The molecule has 1 aliphatic rings. The van der Waals surface area contributed by atoms with Crippen LogP contribution in [-0.4, -0.2) is 24.0 Å². The Morgan fingerprint density at radius 1 is 1.17 bits per heavy atom. The zero-order valence-corrected chi connectivity index (χ0v) is 16.8. The highest BCUT2D eigenvalue weighted by molar-refractivity contribution is 7.80. The van der Waals surface area contributed by atoms with Gasteiger partial charge in [-0.1, -0.05) is 12.2 Å². The first-order valence-electron chi connectivity index (χ1n) is 9.33. The molecule has 4 rings (SSSR count). The molecule has 0 fully saturated rings. The van der Waals surface area contributed by atoms with E-state index in [1.54, 1.807) is 24.5 Å². The molecule has 0 saturated heterocycles. The van der Waals surface area contributed by atoms with Crippen LogP contribution in [0.25, 0.3) is 0 Å². The van der Waals surface area contributed by atoms with Crippen molar-refractivity contribution in [2.24, 2.45) is 0 Å². The monoisotopic (exact) mass is 409 g/mol. The number of nitrogens with zero attached hydrogens (tertiary/aromatic N) is 1. The first-order valence-corrected chi connectivity index (χ1v) is 9.74. The van der Waals surface area contributed by atoms with Crippen molar-refractivity contribution >= 4 is 23.0 Å². The maximum absolute atomic E-state index is 13.5. The summed E-state index contributed by atoms with van der Waals surface area (Å²) in [5.74, 6) is 1.83. The van der Waals surface area contributed by atoms with Gasteiger partial charge in [0, 0.05) is 17.2 Å². The number of nitrogens with one attached hydrogen (secondary N) is 1. The van der Waals surface area contributed by atoms with E-state index in [1.165, 1.54) is 0 Å². The molecule has 29 heavy (non-hydrogen) atoms. The average Bonchev–Trinajstić information content (AvgIpc) is 3.26. The lowest BCUT2D eigenvalue weighted by molar-refractivity contribution is -0.692. The van der Waals surface area contributed by atoms with Crippen molar-refractivity contribution in [3.8, 4) is 11.5 Å². The van der Waals surface area contributed by atoms with Gasteiger partial charge in [0.1, 0.15) is 19.0 Å². The molecule has 0 unspecified atom stereocenters. The molecule has 7 heteroatoms. The Labute approximate surface area is 174 Å². The van der Waals surface area contributed by atoms with E-state index in [-0.39, 0.29) is 5.78 Å². The Morgan fingerprint density at radius 3 is 2.76 bits per heavy atom. The molecular formula is C22H21N2O4S+. The molecule has 1 aromatic carbocycles. The molecule has 3 aromatic rings. The summed E-state index contributed by atoms with van der Waals surface area (Å²) in [5, 5.41) is 3.16. The van der Waals surface area contributed by atoms with Gasteiger partial charge in [0.25, 0.3) is 6.04 Å². The van der Waals surface area contributed by atoms with Crippen molar-refractivity contribution in [2.45, 2.75) is 19.5 Å². The molecule has 1 aliphatic heterocycles. The number of ketones is 1. The Balaban J connectivity index is 1.64. The maximum atomic E-state index is 13.5. The van der Waals surface area contributed by atoms with Crippen LogP contribution in [0.1, 0.15) is 27.7 Å². The largest absolute Gasteiger partial charge is 0.486 e. The Bertz CT molecular complexity index is 1030. The minimum atomic E-state index is -0.692. The number of fused-ring (bicyclic) bond motifs is 1. The van der Waals surface area contributed by atoms with E-state index in [4.69, 9.17) is 26.1 Å². The number of pyridine rings is 1. The maximum Gasteiger partial charge on any atom is 0.270 e. The van der Waals surface area contributed by atoms with E-state index < -0.39 is 6.04 Å². The van der Waals surface area contributed by atoms with Crippen LogP contribution >= 0.6 is 12.2 Å². The van der Waals surface area contributed by atoms with E-state index in [9.17, 15) is 4.79 Å². The van der Waals surface area contributed by atoms with Crippen LogP contribution in [-0.2, 0) is 6.54 Å². The first kappa shape index (κ1) is 19.1. The number of Topliss-reactive ketones (excluding diaryl/α,β-unsaturated/α-hetero) is 1. The fourth-order valence-electron chi connectivity index (χ4n) is 3.20. The van der Waals surface area contributed by atoms with Crippen LogP contribution in [0, 0.1) is 6.92 Å². The Morgan fingerprint density at radius 2 is 2.00 bits per heavy atom. The number of rotatable bonds is 6. The highest BCUT2D eigenvalue weighted by atomic mass is 32.1. The number of thiocarbonyl (C=S) groups is 1. The number of furan rings is 1. The summed E-state index contributed by atoms with van der Waals surface area (Å²) >= 11 is 5.62. The van der Waals surface area contributed by atoms with Gasteiger partial charge in [-0.25, -0.2) is 0 Å². The van der Waals surface area contributed by atoms with E-state index in [2.05, 4.69) is 5.32 Å². The highest BCUT2D eigenvalue weighted by Crippen LogP contribution is 2.31. The van der Waals surface area contributed by atoms with Crippen LogP contribution in [0.4, 0.5) is 0 Å². The molecule has 0 spiro atoms. The number of hydrogen-bond acceptors (Lipinski definition) is 5. The van der Waals surface area contributed by atoms with Crippen molar-refractivity contribution in [3.63, 3.8) is 0 Å². The summed E-state index contributed by atoms with van der Waals surface area (Å²) in [7, 11) is 0. The van der Waals surface area contributed by atoms with Gasteiger partial charge in [0.05, 0.1) is 12.8 Å². The summed E-state index contributed by atoms with van der Waals surface area (Å²) in [4.78, 5) is 13.9. The summed E-state index contributed by atoms with van der Waals surface area (Å²) in [6.07, 6.45) is 5.35. The number of aromatic nitrogens is 1. The highest BCUT2D eigenvalue weighted by Gasteiger charge is 2.34. The quantitative estimate of drug-likeness (QED) is 0.383. The van der Waals surface area contributed by atoms with Crippen molar-refractivity contribution in [1.29, 1.82) is 0 Å². The molecule has 2 aromatic heterocycles. The van der Waals surface area contributed by atoms with Gasteiger partial charge < -0.3 is 19.2 Å². The van der Waals surface area contributed by atoms with Gasteiger partial charge in [0.15, 0.2) is 28.9 Å². The van der Waals surface area contributed by atoms with Crippen LogP contribution in [0.5, 0.6) is 11.5 Å². The second kappa shape index (κ2) is 8.45. The molecule has 1 N–H and O–H groups in total. The minimum Gasteiger partial charge on any atom is -0.486 e. The van der Waals surface area contributed by atoms with Crippen molar-refractivity contribution in [1.82, 2.24) is 5.32 Å². The Hall–Kier alpha value is -3.19. The molecule has 148 valence electrons. The molecule has 0 amide bonds. The fraction of sp³-hybridized carbons (Fsp3) is 0.227. The molecule has 0 bridgehead atoms. The molecule has 6 nitrogen and oxygen atoms in total. The molecule has 1 atom stereocenters. The number of benzene rings is 1. The molecular weight excluding hydrogens is 388 g/mol. The van der Waals surface area contributed by atoms with E-state index in [0.717, 1.165) is 11.3 Å². The van der Waals surface area contributed by atoms with Crippen LogP contribution < -0.4 is 19.4 Å². The lowest BCUT2D eigenvalue weighted by Gasteiger charge is -2.19. The second-order valence-electron chi connectivity index (χ2n) is 6.75. The molecule has 0 aliphatic carbocycles. The predicted octanol–water partition coefficient (Wildman–Crippen LogP) is 3.19. The summed E-state index contributed by atoms with van der Waals surface area (Å²) in [5.41, 5.74) is 1.54. The molecule has 0 saturated carbocycles. The summed E-state index contributed by atoms with van der Waals surface area (Å²) in [6.45, 7) is 3.34. The van der Waals surface area contributed by atoms with Crippen LogP contribution in [0.2, 0.25) is 0 Å². The third kappa shape index (κ3) is 4.30. The Kier molecular flexibility index (Phi) is 5.57. The van der Waals surface area contributed by atoms with Gasteiger partial charge in [-0.2, -0.15) is 4.57 Å². The molecule has 0 radical (unpaired) electrons. The summed E-state index contributed by atoms with van der Waals surface area (Å²) < 4.78 is 18.4. The first-order chi connectivity index (χ1) is 14.1. The van der Waals surface area contributed by atoms with Gasteiger partial charge in [-0.3, -0.25) is 4.79 Å². The predicted molar refractivity (Wildman–Crippen MR) is 110 cm³/mol. The van der Waals surface area contributed by atoms with E-state index >= 15 is 0 Å². The lowest BCUT2D eigenvalue weighted by Crippen LogP contribution is -2.51. The normalized spacial score (nSPS) is 13.6. The lowest BCUT2D eigenvalue weighted by atomic mass is 10.0. The van der Waals surface area contributed by atoms with Crippen molar-refractivity contribution < 1.29 is 23.3 Å². The third-order valence-electron chi connectivity index (χ3n) is 4.61. The van der Waals surface area contributed by atoms with Crippen molar-refractivity contribution in [2.75, 3.05) is 13.2 Å². The SMILES string of the molecule is Cc1ccc[n+]([C@@H](C(=O)c2ccc3c(c2)OCCO3)C(=S)NCc2ccco2)c1. The van der Waals surface area contributed by atoms with Crippen molar-refractivity contribution in [3.05, 3.63) is 78.0 Å². The van der Waals surface area contributed by atoms with Gasteiger partial charge in [0.2, 0.25) is 5.78 Å². The fourth-order valence-corrected chi connectivity index (χ4v) is 3.51. The van der Waals surface area contributed by atoms with E-state index in [1.807, 2.05) is 48.1 Å². The number of aryl methyl sites for hydroxylation is 1. The standard InChI is InChI=1S/C22H20N2O4S/c1-15-4-2-8-24(14-15)20(22(29)23-13-17-5-3-9-26-17)21(25)16-6-7-18-19(12-16)28-11-10-27-18/h2-9,12,14,20H,10-11,13H2,1H3/p+1/t20-/m0/s1. The van der Waals surface area contributed by atoms with Crippen LogP contribution in [0.3, 0.4) is 0 Å². The number of hydrogen-bond donors (Lipinski definition) is 1. The minimum absolute atomic E-state index is 0.130. The number of carbonyl (C=O) groups is 1. The van der Waals surface area contributed by atoms with Gasteiger partial charge in [-0.05, 0) is 43.3 Å². The second-order valence-corrected chi connectivity index (χ2v) is 7.19. The third-order valence-corrected chi connectivity index (χ3v) is 4.98. The average molecular weight is 409 g/mol. The molecule has 3 heterocycles. The van der Waals surface area contributed by atoms with Gasteiger partial charge >= 0.3 is 0 Å². The van der Waals surface area contributed by atoms with E-state index in [0.29, 0.717) is 41.8 Å². The zero-order chi connectivity index (χ0) is 20.2. The number of ether oxygens (including phenoxy) is 2. The number of carbonyl (C=O) groups excluding carboxylic acids is 1. The van der Waals surface area contributed by atoms with Gasteiger partial charge in [-0.15, -0.1) is 0 Å².